The fourth-order valence-electron chi connectivity index (χ4n) is 2.53. The van der Waals surface area contributed by atoms with Crippen LogP contribution in [0.2, 0.25) is 5.02 Å². The molecule has 0 saturated heterocycles. The summed E-state index contributed by atoms with van der Waals surface area (Å²) in [6.07, 6.45) is 0. The van der Waals surface area contributed by atoms with Crippen molar-refractivity contribution < 1.29 is 9.53 Å². The predicted molar refractivity (Wildman–Crippen MR) is 103 cm³/mol. The van der Waals surface area contributed by atoms with Crippen molar-refractivity contribution in [2.75, 3.05) is 11.9 Å². The van der Waals surface area contributed by atoms with E-state index in [-0.39, 0.29) is 12.5 Å². The van der Waals surface area contributed by atoms with Crippen LogP contribution >= 0.6 is 22.9 Å². The summed E-state index contributed by atoms with van der Waals surface area (Å²) in [5.74, 6) is 0.393. The molecular formula is C19H13ClN2O2S. The largest absolute Gasteiger partial charge is 0.484 e. The number of ether oxygens (including phenoxy) is 1. The fourth-order valence-corrected chi connectivity index (χ4v) is 3.71. The first-order valence-corrected chi connectivity index (χ1v) is 8.85. The number of halogens is 1. The van der Waals surface area contributed by atoms with E-state index in [9.17, 15) is 4.79 Å². The lowest BCUT2D eigenvalue weighted by Gasteiger charge is -2.07. The summed E-state index contributed by atoms with van der Waals surface area (Å²) in [4.78, 5) is 16.5. The van der Waals surface area contributed by atoms with Crippen molar-refractivity contribution in [1.29, 1.82) is 0 Å². The average Bonchev–Trinajstić information content (AvgIpc) is 3.03. The molecule has 0 unspecified atom stereocenters. The van der Waals surface area contributed by atoms with Crippen molar-refractivity contribution in [3.8, 4) is 5.75 Å². The minimum Gasteiger partial charge on any atom is -0.484 e. The Morgan fingerprint density at radius 2 is 1.92 bits per heavy atom. The lowest BCUT2D eigenvalue weighted by molar-refractivity contribution is -0.118. The van der Waals surface area contributed by atoms with E-state index in [4.69, 9.17) is 16.3 Å². The fraction of sp³-hybridized carbons (Fsp3) is 0.0526. The summed E-state index contributed by atoms with van der Waals surface area (Å²) in [6.45, 7) is -0.0814. The van der Waals surface area contributed by atoms with Crippen molar-refractivity contribution in [2.24, 2.45) is 0 Å². The summed E-state index contributed by atoms with van der Waals surface area (Å²) in [5.41, 5.74) is 0.694. The van der Waals surface area contributed by atoms with E-state index in [1.165, 1.54) is 11.3 Å². The number of hydrogen-bond donors (Lipinski definition) is 1. The summed E-state index contributed by atoms with van der Waals surface area (Å²) in [7, 11) is 0. The van der Waals surface area contributed by atoms with E-state index in [2.05, 4.69) is 10.3 Å². The van der Waals surface area contributed by atoms with E-state index in [1.54, 1.807) is 6.07 Å². The normalized spacial score (nSPS) is 10.9. The Balaban J connectivity index is 1.43. The monoisotopic (exact) mass is 368 g/mol. The molecule has 4 rings (SSSR count). The van der Waals surface area contributed by atoms with Crippen LogP contribution in [0.25, 0.3) is 21.0 Å². The summed E-state index contributed by atoms with van der Waals surface area (Å²) in [5, 5.41) is 6.03. The van der Waals surface area contributed by atoms with E-state index >= 15 is 0 Å². The zero-order chi connectivity index (χ0) is 17.2. The second-order valence-electron chi connectivity index (χ2n) is 5.45. The number of thiazole rings is 1. The van der Waals surface area contributed by atoms with Crippen molar-refractivity contribution in [3.63, 3.8) is 0 Å². The Morgan fingerprint density at radius 1 is 1.08 bits per heavy atom. The van der Waals surface area contributed by atoms with Crippen molar-refractivity contribution in [1.82, 2.24) is 4.98 Å². The zero-order valence-corrected chi connectivity index (χ0v) is 14.6. The maximum absolute atomic E-state index is 12.1. The standard InChI is InChI=1S/C19H13ClN2O2S/c20-15-6-3-7-16-18(15)22-19(25-16)21-17(23)11-24-14-9-8-12-4-1-2-5-13(12)10-14/h1-10H,11H2,(H,21,22,23). The third-order valence-corrected chi connectivity index (χ3v) is 4.95. The van der Waals surface area contributed by atoms with Crippen LogP contribution in [-0.4, -0.2) is 17.5 Å². The molecule has 25 heavy (non-hydrogen) atoms. The molecule has 0 bridgehead atoms. The van der Waals surface area contributed by atoms with Gasteiger partial charge in [-0.1, -0.05) is 59.3 Å². The minimum absolute atomic E-state index is 0.0814. The molecule has 0 fully saturated rings. The van der Waals surface area contributed by atoms with Gasteiger partial charge in [0.15, 0.2) is 11.7 Å². The van der Waals surface area contributed by atoms with Crippen LogP contribution in [0.4, 0.5) is 5.13 Å². The summed E-state index contributed by atoms with van der Waals surface area (Å²) >= 11 is 7.48. The first-order chi connectivity index (χ1) is 12.2. The molecule has 1 amide bonds. The molecule has 4 aromatic rings. The molecule has 1 aromatic heterocycles. The van der Waals surface area contributed by atoms with Gasteiger partial charge < -0.3 is 4.74 Å². The highest BCUT2D eigenvalue weighted by Gasteiger charge is 2.10. The van der Waals surface area contributed by atoms with Crippen molar-refractivity contribution in [2.45, 2.75) is 0 Å². The molecule has 1 N–H and O–H groups in total. The summed E-state index contributed by atoms with van der Waals surface area (Å²) < 4.78 is 6.51. The minimum atomic E-state index is -0.261. The Bertz CT molecular complexity index is 1080. The van der Waals surface area contributed by atoms with Crippen LogP contribution in [-0.2, 0) is 4.79 Å². The number of aromatic nitrogens is 1. The molecule has 4 nitrogen and oxygen atoms in total. The summed E-state index contributed by atoms with van der Waals surface area (Å²) in [6, 6.07) is 19.3. The van der Waals surface area contributed by atoms with Crippen LogP contribution in [0.5, 0.6) is 5.75 Å². The van der Waals surface area contributed by atoms with Gasteiger partial charge in [0.25, 0.3) is 5.91 Å². The number of carbonyl (C=O) groups excluding carboxylic acids is 1. The van der Waals surface area contributed by atoms with Gasteiger partial charge in [-0.05, 0) is 35.0 Å². The average molecular weight is 369 g/mol. The lowest BCUT2D eigenvalue weighted by Crippen LogP contribution is -2.19. The Labute approximate surface area is 153 Å². The molecule has 0 saturated carbocycles. The van der Waals surface area contributed by atoms with Gasteiger partial charge in [0.1, 0.15) is 11.3 Å². The van der Waals surface area contributed by atoms with E-state index in [0.717, 1.165) is 15.5 Å². The third kappa shape index (κ3) is 3.43. The molecule has 6 heteroatoms. The second-order valence-corrected chi connectivity index (χ2v) is 6.89. The number of carbonyl (C=O) groups is 1. The smallest absolute Gasteiger partial charge is 0.264 e. The van der Waals surface area contributed by atoms with Gasteiger partial charge in [0.05, 0.1) is 9.72 Å². The third-order valence-electron chi connectivity index (χ3n) is 3.71. The van der Waals surface area contributed by atoms with Crippen LogP contribution in [0.3, 0.4) is 0 Å². The molecule has 0 aliphatic heterocycles. The van der Waals surface area contributed by atoms with E-state index in [1.807, 2.05) is 54.6 Å². The molecular weight excluding hydrogens is 356 g/mol. The first-order valence-electron chi connectivity index (χ1n) is 7.65. The van der Waals surface area contributed by atoms with Gasteiger partial charge in [-0.3, -0.25) is 10.1 Å². The van der Waals surface area contributed by atoms with Gasteiger partial charge in [0, 0.05) is 0 Å². The Hall–Kier alpha value is -2.63. The Kier molecular flexibility index (Phi) is 4.26. The number of para-hydroxylation sites is 1. The zero-order valence-electron chi connectivity index (χ0n) is 13.0. The van der Waals surface area contributed by atoms with Crippen molar-refractivity contribution >= 4 is 55.0 Å². The molecule has 0 aliphatic rings. The maximum Gasteiger partial charge on any atom is 0.264 e. The van der Waals surface area contributed by atoms with E-state index < -0.39 is 0 Å². The van der Waals surface area contributed by atoms with Crippen molar-refractivity contribution in [3.05, 3.63) is 65.7 Å². The van der Waals surface area contributed by atoms with Gasteiger partial charge in [-0.15, -0.1) is 0 Å². The van der Waals surface area contributed by atoms with Gasteiger partial charge in [0.2, 0.25) is 0 Å². The van der Waals surface area contributed by atoms with Crippen LogP contribution in [0, 0.1) is 0 Å². The Morgan fingerprint density at radius 3 is 2.76 bits per heavy atom. The van der Waals surface area contributed by atoms with Crippen LogP contribution in [0.1, 0.15) is 0 Å². The van der Waals surface area contributed by atoms with Gasteiger partial charge >= 0.3 is 0 Å². The highest BCUT2D eigenvalue weighted by molar-refractivity contribution is 7.22. The first kappa shape index (κ1) is 15.9. The number of nitrogens with zero attached hydrogens (tertiary/aromatic N) is 1. The molecule has 1 heterocycles. The van der Waals surface area contributed by atoms with Crippen LogP contribution < -0.4 is 10.1 Å². The number of nitrogens with one attached hydrogen (secondary N) is 1. The van der Waals surface area contributed by atoms with Crippen LogP contribution in [0.15, 0.2) is 60.7 Å². The molecule has 0 aliphatic carbocycles. The maximum atomic E-state index is 12.1. The van der Waals surface area contributed by atoms with Gasteiger partial charge in [-0.2, -0.15) is 0 Å². The molecule has 0 radical (unpaired) electrons. The highest BCUT2D eigenvalue weighted by Crippen LogP contribution is 2.30. The number of anilines is 1. The molecule has 3 aromatic carbocycles. The van der Waals surface area contributed by atoms with Gasteiger partial charge in [-0.25, -0.2) is 4.98 Å². The molecule has 0 atom stereocenters. The lowest BCUT2D eigenvalue weighted by atomic mass is 10.1. The number of hydrogen-bond acceptors (Lipinski definition) is 4. The second kappa shape index (κ2) is 6.70. The highest BCUT2D eigenvalue weighted by atomic mass is 35.5. The number of amides is 1. The number of rotatable bonds is 4. The number of benzene rings is 3. The molecule has 0 spiro atoms. The SMILES string of the molecule is O=C(COc1ccc2ccccc2c1)Nc1nc2c(Cl)cccc2s1. The number of fused-ring (bicyclic) bond motifs is 2. The quantitative estimate of drug-likeness (QED) is 0.544. The predicted octanol–water partition coefficient (Wildman–Crippen LogP) is 5.12. The molecule has 124 valence electrons. The van der Waals surface area contributed by atoms with E-state index in [0.29, 0.717) is 21.4 Å². The topological polar surface area (TPSA) is 51.2 Å².